The minimum atomic E-state index is -4.62. The fourth-order valence-electron chi connectivity index (χ4n) is 2.13. The summed E-state index contributed by atoms with van der Waals surface area (Å²) in [6, 6.07) is 4.52. The zero-order chi connectivity index (χ0) is 19.5. The second-order valence-electron chi connectivity index (χ2n) is 5.58. The Morgan fingerprint density at radius 2 is 2.12 bits per heavy atom. The van der Waals surface area contributed by atoms with Crippen LogP contribution < -0.4 is 5.32 Å². The first-order valence-corrected chi connectivity index (χ1v) is 9.38. The van der Waals surface area contributed by atoms with Crippen molar-refractivity contribution in [3.8, 4) is 0 Å². The third-order valence-corrected chi connectivity index (χ3v) is 5.00. The summed E-state index contributed by atoms with van der Waals surface area (Å²) in [5, 5.41) is 13.1. The van der Waals surface area contributed by atoms with Crippen molar-refractivity contribution in [1.82, 2.24) is 0 Å². The van der Waals surface area contributed by atoms with E-state index in [1.54, 1.807) is 19.9 Å². The maximum Gasteiger partial charge on any atom is 0.450 e. The largest absolute Gasteiger partial charge is 0.487 e. The molecule has 1 unspecified atom stereocenters. The van der Waals surface area contributed by atoms with Crippen LogP contribution in [0.15, 0.2) is 28.9 Å². The topological polar surface area (TPSA) is 50.7 Å². The van der Waals surface area contributed by atoms with Gasteiger partial charge in [0, 0.05) is 22.0 Å². The van der Waals surface area contributed by atoms with E-state index in [2.05, 4.69) is 5.32 Å². The van der Waals surface area contributed by atoms with Gasteiger partial charge in [-0.2, -0.15) is 13.2 Å². The molecule has 1 aliphatic heterocycles. The number of alkyl halides is 3. The average Bonchev–Trinajstić information content (AvgIpc) is 2.55. The van der Waals surface area contributed by atoms with Crippen molar-refractivity contribution < 1.29 is 27.8 Å². The lowest BCUT2D eigenvalue weighted by Gasteiger charge is -2.23. The Morgan fingerprint density at radius 1 is 1.42 bits per heavy atom. The van der Waals surface area contributed by atoms with Gasteiger partial charge >= 0.3 is 6.18 Å². The minimum absolute atomic E-state index is 0.0323. The molecule has 26 heavy (non-hydrogen) atoms. The van der Waals surface area contributed by atoms with Crippen LogP contribution in [-0.2, 0) is 9.47 Å². The molecular weight excluding hydrogens is 411 g/mol. The van der Waals surface area contributed by atoms with Crippen molar-refractivity contribution in [1.29, 1.82) is 0 Å². The van der Waals surface area contributed by atoms with Crippen LogP contribution >= 0.6 is 35.6 Å². The van der Waals surface area contributed by atoms with Crippen LogP contribution in [0.2, 0.25) is 5.02 Å². The summed E-state index contributed by atoms with van der Waals surface area (Å²) in [5.41, 5.74) is 0.659. The molecule has 1 aromatic rings. The number of anilines is 1. The maximum atomic E-state index is 13.1. The quantitative estimate of drug-likeness (QED) is 0.507. The van der Waals surface area contributed by atoms with Crippen LogP contribution in [0.25, 0.3) is 0 Å². The number of rotatable bonds is 5. The first-order chi connectivity index (χ1) is 12.1. The standard InChI is InChI=1S/C16H17ClF3NO3S2/c1-8(2)24-15(22)10-7-9(3-4-11(10)17)21-14(25)12-13(16(18,19)20)23-5-6-26-12/h3-4,7-8,15,22H,5-6H2,1-2H3,(H,21,25). The molecule has 2 rings (SSSR count). The van der Waals surface area contributed by atoms with E-state index in [4.69, 9.17) is 33.3 Å². The van der Waals surface area contributed by atoms with Crippen molar-refractivity contribution >= 4 is 46.3 Å². The highest BCUT2D eigenvalue weighted by Gasteiger charge is 2.41. The van der Waals surface area contributed by atoms with E-state index in [1.807, 2.05) is 0 Å². The van der Waals surface area contributed by atoms with Crippen LogP contribution in [-0.4, -0.2) is 34.7 Å². The number of ether oxygens (including phenoxy) is 2. The molecule has 0 aromatic heterocycles. The van der Waals surface area contributed by atoms with Crippen LogP contribution in [0.3, 0.4) is 0 Å². The third-order valence-electron chi connectivity index (χ3n) is 3.17. The summed E-state index contributed by atoms with van der Waals surface area (Å²) in [5.74, 6) is -0.729. The van der Waals surface area contributed by atoms with Gasteiger partial charge in [-0.1, -0.05) is 23.8 Å². The first-order valence-electron chi connectivity index (χ1n) is 7.61. The Kier molecular flexibility index (Phi) is 7.20. The van der Waals surface area contributed by atoms with Crippen LogP contribution in [0, 0.1) is 0 Å². The molecule has 10 heteroatoms. The molecule has 4 nitrogen and oxygen atoms in total. The van der Waals surface area contributed by atoms with Crippen molar-refractivity contribution in [3.63, 3.8) is 0 Å². The van der Waals surface area contributed by atoms with Gasteiger partial charge in [-0.3, -0.25) is 0 Å². The van der Waals surface area contributed by atoms with Crippen LogP contribution in [0.5, 0.6) is 0 Å². The van der Waals surface area contributed by atoms with Gasteiger partial charge in [0.25, 0.3) is 0 Å². The molecule has 1 aromatic carbocycles. The molecule has 0 aliphatic carbocycles. The highest BCUT2D eigenvalue weighted by atomic mass is 35.5. The normalized spacial score (nSPS) is 16.5. The molecule has 2 N–H and O–H groups in total. The SMILES string of the molecule is CC(C)OC(O)c1cc(NC(=S)C2=C(C(F)(F)F)OCCS2)ccc1Cl. The Bertz CT molecular complexity index is 710. The molecule has 0 spiro atoms. The van der Waals surface area contributed by atoms with Gasteiger partial charge in [-0.15, -0.1) is 11.8 Å². The molecule has 1 aliphatic rings. The summed E-state index contributed by atoms with van der Waals surface area (Å²) < 4.78 is 49.3. The van der Waals surface area contributed by atoms with Gasteiger partial charge in [-0.25, -0.2) is 0 Å². The number of hydrogen-bond acceptors (Lipinski definition) is 5. The second kappa shape index (κ2) is 8.79. The van der Waals surface area contributed by atoms with Crippen molar-refractivity contribution in [2.45, 2.75) is 32.4 Å². The molecule has 0 saturated carbocycles. The number of thiocarbonyl (C=S) groups is 1. The number of thioether (sulfide) groups is 1. The van der Waals surface area contributed by atoms with Crippen LogP contribution in [0.4, 0.5) is 18.9 Å². The summed E-state index contributed by atoms with van der Waals surface area (Å²) >= 11 is 12.2. The van der Waals surface area contributed by atoms with Gasteiger partial charge in [-0.05, 0) is 32.0 Å². The number of halogens is 4. The fourth-order valence-corrected chi connectivity index (χ4v) is 3.58. The number of aliphatic hydroxyl groups is 1. The van der Waals surface area contributed by atoms with E-state index in [0.29, 0.717) is 11.4 Å². The minimum Gasteiger partial charge on any atom is -0.487 e. The fraction of sp³-hybridized carbons (Fsp3) is 0.438. The van der Waals surface area contributed by atoms with Gasteiger partial charge in [0.1, 0.15) is 4.99 Å². The van der Waals surface area contributed by atoms with Gasteiger partial charge in [0.2, 0.25) is 5.76 Å². The summed E-state index contributed by atoms with van der Waals surface area (Å²) in [7, 11) is 0. The Morgan fingerprint density at radius 3 is 2.73 bits per heavy atom. The number of allylic oxidation sites excluding steroid dienone is 1. The maximum absolute atomic E-state index is 13.1. The smallest absolute Gasteiger partial charge is 0.450 e. The number of aliphatic hydroxyl groups excluding tert-OH is 1. The predicted molar refractivity (Wildman–Crippen MR) is 100 cm³/mol. The Hall–Kier alpha value is -1.00. The third kappa shape index (κ3) is 5.50. The van der Waals surface area contributed by atoms with E-state index in [1.165, 1.54) is 12.1 Å². The van der Waals surface area contributed by atoms with E-state index in [-0.39, 0.29) is 33.2 Å². The predicted octanol–water partition coefficient (Wildman–Crippen LogP) is 5.03. The van der Waals surface area contributed by atoms with E-state index >= 15 is 0 Å². The monoisotopic (exact) mass is 427 g/mol. The summed E-state index contributed by atoms with van der Waals surface area (Å²) in [4.78, 5) is -0.288. The molecule has 144 valence electrons. The second-order valence-corrected chi connectivity index (χ2v) is 7.50. The molecule has 0 bridgehead atoms. The lowest BCUT2D eigenvalue weighted by atomic mass is 10.2. The first kappa shape index (κ1) is 21.3. The van der Waals surface area contributed by atoms with Crippen LogP contribution in [0.1, 0.15) is 25.7 Å². The summed E-state index contributed by atoms with van der Waals surface area (Å²) in [6.07, 6.45) is -6.13. The number of hydrogen-bond donors (Lipinski definition) is 2. The number of nitrogens with one attached hydrogen (secondary N) is 1. The zero-order valence-corrected chi connectivity index (χ0v) is 16.3. The van der Waals surface area contributed by atoms with E-state index in [9.17, 15) is 18.3 Å². The van der Waals surface area contributed by atoms with Gasteiger partial charge < -0.3 is 19.9 Å². The summed E-state index contributed by atoms with van der Waals surface area (Å²) in [6.45, 7) is 3.47. The molecule has 0 saturated heterocycles. The van der Waals surface area contributed by atoms with E-state index < -0.39 is 18.2 Å². The average molecular weight is 428 g/mol. The molecule has 0 radical (unpaired) electrons. The Balaban J connectivity index is 2.25. The molecule has 1 atom stereocenters. The van der Waals surface area contributed by atoms with Gasteiger partial charge in [0.05, 0.1) is 17.6 Å². The Labute approximate surface area is 163 Å². The van der Waals surface area contributed by atoms with Crippen molar-refractivity contribution in [2.75, 3.05) is 17.7 Å². The highest BCUT2D eigenvalue weighted by molar-refractivity contribution is 8.05. The zero-order valence-electron chi connectivity index (χ0n) is 13.9. The molecule has 0 fully saturated rings. The molecule has 1 heterocycles. The lowest BCUT2D eigenvalue weighted by Crippen LogP contribution is -2.25. The highest BCUT2D eigenvalue weighted by Crippen LogP contribution is 2.38. The number of benzene rings is 1. The van der Waals surface area contributed by atoms with E-state index in [0.717, 1.165) is 11.8 Å². The molecular formula is C16H17ClF3NO3S2. The van der Waals surface area contributed by atoms with Crippen molar-refractivity contribution in [2.24, 2.45) is 0 Å². The van der Waals surface area contributed by atoms with Gasteiger partial charge in [0.15, 0.2) is 6.29 Å². The lowest BCUT2D eigenvalue weighted by molar-refractivity contribution is -0.130. The van der Waals surface area contributed by atoms with Crippen molar-refractivity contribution in [3.05, 3.63) is 39.4 Å². The molecule has 0 amide bonds.